The Morgan fingerprint density at radius 1 is 0.857 bits per heavy atom. The van der Waals surface area contributed by atoms with Gasteiger partial charge in [0.2, 0.25) is 11.8 Å². The van der Waals surface area contributed by atoms with E-state index in [0.717, 1.165) is 28.9 Å². The smallest absolute Gasteiger partial charge is 0.243 e. The molecule has 1 atom stereocenters. The molecule has 0 saturated carbocycles. The first-order chi connectivity index (χ1) is 17.0. The summed E-state index contributed by atoms with van der Waals surface area (Å²) in [6.07, 6.45) is 1.33. The lowest BCUT2D eigenvalue weighted by molar-refractivity contribution is -0.139. The van der Waals surface area contributed by atoms with Crippen molar-refractivity contribution in [3.63, 3.8) is 0 Å². The third kappa shape index (κ3) is 8.59. The van der Waals surface area contributed by atoms with Gasteiger partial charge in [0.25, 0.3) is 0 Å². The lowest BCUT2D eigenvalue weighted by atomic mass is 10.0. The van der Waals surface area contributed by atoms with Crippen molar-refractivity contribution in [3.8, 4) is 0 Å². The number of aryl methyl sites for hydroxylation is 2. The summed E-state index contributed by atoms with van der Waals surface area (Å²) in [5.41, 5.74) is 5.63. The molecular formula is C30H36N2O2S. The normalized spacial score (nSPS) is 11.6. The van der Waals surface area contributed by atoms with Crippen LogP contribution in [0.15, 0.2) is 78.9 Å². The topological polar surface area (TPSA) is 49.4 Å². The van der Waals surface area contributed by atoms with E-state index in [1.807, 2.05) is 68.4 Å². The maximum absolute atomic E-state index is 13.6. The van der Waals surface area contributed by atoms with Gasteiger partial charge in [-0.1, -0.05) is 96.9 Å². The molecule has 0 bridgehead atoms. The fourth-order valence-electron chi connectivity index (χ4n) is 4.07. The highest BCUT2D eigenvalue weighted by atomic mass is 32.2. The molecule has 3 aromatic carbocycles. The Morgan fingerprint density at radius 2 is 1.49 bits per heavy atom. The van der Waals surface area contributed by atoms with Crippen LogP contribution in [0.5, 0.6) is 0 Å². The molecule has 2 amide bonds. The van der Waals surface area contributed by atoms with Gasteiger partial charge >= 0.3 is 0 Å². The van der Waals surface area contributed by atoms with Crippen molar-refractivity contribution in [1.29, 1.82) is 0 Å². The number of nitrogens with zero attached hydrogens (tertiary/aromatic N) is 1. The molecule has 0 aromatic heterocycles. The van der Waals surface area contributed by atoms with Crippen LogP contribution in [0.3, 0.4) is 0 Å². The highest BCUT2D eigenvalue weighted by Gasteiger charge is 2.30. The molecule has 0 unspecified atom stereocenters. The number of hydrogen-bond acceptors (Lipinski definition) is 3. The lowest BCUT2D eigenvalue weighted by Gasteiger charge is -2.31. The molecule has 0 aliphatic carbocycles. The van der Waals surface area contributed by atoms with Gasteiger partial charge in [-0.05, 0) is 37.0 Å². The second-order valence-corrected chi connectivity index (χ2v) is 9.97. The molecular weight excluding hydrogens is 452 g/mol. The van der Waals surface area contributed by atoms with Crippen LogP contribution in [0.25, 0.3) is 0 Å². The fraction of sp³-hybridized carbons (Fsp3) is 0.333. The number of hydrogen-bond donors (Lipinski definition) is 1. The van der Waals surface area contributed by atoms with E-state index in [4.69, 9.17) is 0 Å². The predicted octanol–water partition coefficient (Wildman–Crippen LogP) is 5.70. The summed E-state index contributed by atoms with van der Waals surface area (Å²) in [5, 5.41) is 3.03. The Balaban J connectivity index is 1.83. The number of nitrogens with one attached hydrogen (secondary N) is 1. The summed E-state index contributed by atoms with van der Waals surface area (Å²) in [6.45, 7) is 7.15. The Labute approximate surface area is 214 Å². The van der Waals surface area contributed by atoms with Crippen LogP contribution in [0.2, 0.25) is 0 Å². The molecule has 0 saturated heterocycles. The van der Waals surface area contributed by atoms with Crippen LogP contribution in [0, 0.1) is 13.8 Å². The first-order valence-corrected chi connectivity index (χ1v) is 13.4. The first kappa shape index (κ1) is 26.6. The minimum absolute atomic E-state index is 0.0169. The van der Waals surface area contributed by atoms with Gasteiger partial charge in [-0.3, -0.25) is 9.59 Å². The fourth-order valence-corrected chi connectivity index (χ4v) is 4.93. The standard InChI is InChI=1S/C30H36N2O2S/c1-4-16-31-30(34)28(19-25-12-6-5-7-13-25)32(20-26-14-8-10-23(2)17-26)29(33)22-35-21-27-15-9-11-24(3)18-27/h5-15,17-18,28H,4,16,19-22H2,1-3H3,(H,31,34)/t28-/m0/s1. The molecule has 0 radical (unpaired) electrons. The van der Waals surface area contributed by atoms with Crippen LogP contribution >= 0.6 is 11.8 Å². The van der Waals surface area contributed by atoms with Gasteiger partial charge in [-0.25, -0.2) is 0 Å². The molecule has 1 N–H and O–H groups in total. The maximum Gasteiger partial charge on any atom is 0.243 e. The van der Waals surface area contributed by atoms with Crippen molar-refractivity contribution in [2.75, 3.05) is 12.3 Å². The van der Waals surface area contributed by atoms with Crippen molar-refractivity contribution < 1.29 is 9.59 Å². The Kier molecular flexibility index (Phi) is 10.4. The molecule has 0 fully saturated rings. The lowest BCUT2D eigenvalue weighted by Crippen LogP contribution is -2.51. The largest absolute Gasteiger partial charge is 0.354 e. The zero-order valence-corrected chi connectivity index (χ0v) is 21.8. The molecule has 0 spiro atoms. The predicted molar refractivity (Wildman–Crippen MR) is 146 cm³/mol. The van der Waals surface area contributed by atoms with Gasteiger partial charge in [-0.2, -0.15) is 0 Å². The third-order valence-electron chi connectivity index (χ3n) is 5.83. The van der Waals surface area contributed by atoms with Crippen LogP contribution < -0.4 is 5.32 Å². The maximum atomic E-state index is 13.6. The van der Waals surface area contributed by atoms with Crippen LogP contribution in [0.4, 0.5) is 0 Å². The van der Waals surface area contributed by atoms with E-state index in [2.05, 4.69) is 36.5 Å². The minimum atomic E-state index is -0.573. The number of carbonyl (C=O) groups excluding carboxylic acids is 2. The second kappa shape index (κ2) is 13.7. The summed E-state index contributed by atoms with van der Waals surface area (Å²) in [6, 6.07) is 25.9. The van der Waals surface area contributed by atoms with Crippen LogP contribution in [-0.2, 0) is 28.3 Å². The minimum Gasteiger partial charge on any atom is -0.354 e. The monoisotopic (exact) mass is 488 g/mol. The SMILES string of the molecule is CCCNC(=O)[C@H](Cc1ccccc1)N(Cc1cccc(C)c1)C(=O)CSCc1cccc(C)c1. The Hall–Kier alpha value is -3.05. The summed E-state index contributed by atoms with van der Waals surface area (Å²) in [7, 11) is 0. The van der Waals surface area contributed by atoms with Gasteiger partial charge in [-0.15, -0.1) is 11.8 Å². The Morgan fingerprint density at radius 3 is 2.14 bits per heavy atom. The van der Waals surface area contributed by atoms with Gasteiger partial charge in [0.05, 0.1) is 5.75 Å². The molecule has 0 aliphatic rings. The van der Waals surface area contributed by atoms with E-state index in [0.29, 0.717) is 25.3 Å². The first-order valence-electron chi connectivity index (χ1n) is 12.3. The quantitative estimate of drug-likeness (QED) is 0.356. The van der Waals surface area contributed by atoms with Gasteiger partial charge in [0.15, 0.2) is 0 Å². The average molecular weight is 489 g/mol. The molecule has 3 aromatic rings. The van der Waals surface area contributed by atoms with Gasteiger partial charge < -0.3 is 10.2 Å². The van der Waals surface area contributed by atoms with E-state index in [1.54, 1.807) is 16.7 Å². The average Bonchev–Trinajstić information content (AvgIpc) is 2.85. The van der Waals surface area contributed by atoms with Gasteiger partial charge in [0.1, 0.15) is 6.04 Å². The van der Waals surface area contributed by atoms with E-state index >= 15 is 0 Å². The summed E-state index contributed by atoms with van der Waals surface area (Å²) < 4.78 is 0. The summed E-state index contributed by atoms with van der Waals surface area (Å²) in [5.74, 6) is 0.973. The number of thioether (sulfide) groups is 1. The van der Waals surface area contributed by atoms with Gasteiger partial charge in [0, 0.05) is 25.3 Å². The molecule has 0 heterocycles. The molecule has 3 rings (SSSR count). The van der Waals surface area contributed by atoms with Crippen molar-refractivity contribution >= 4 is 23.6 Å². The molecule has 35 heavy (non-hydrogen) atoms. The van der Waals surface area contributed by atoms with Crippen molar-refractivity contribution in [1.82, 2.24) is 10.2 Å². The van der Waals surface area contributed by atoms with Crippen LogP contribution in [-0.4, -0.2) is 35.1 Å². The van der Waals surface area contributed by atoms with E-state index < -0.39 is 6.04 Å². The molecule has 0 aliphatic heterocycles. The molecule has 184 valence electrons. The van der Waals surface area contributed by atoms with Crippen molar-refractivity contribution in [2.45, 2.75) is 52.0 Å². The third-order valence-corrected chi connectivity index (χ3v) is 6.82. The van der Waals surface area contributed by atoms with Crippen molar-refractivity contribution in [2.24, 2.45) is 0 Å². The van der Waals surface area contributed by atoms with E-state index in [-0.39, 0.29) is 11.8 Å². The number of carbonyl (C=O) groups is 2. The number of rotatable bonds is 12. The highest BCUT2D eigenvalue weighted by Crippen LogP contribution is 2.19. The summed E-state index contributed by atoms with van der Waals surface area (Å²) in [4.78, 5) is 28.7. The number of benzene rings is 3. The van der Waals surface area contributed by atoms with Crippen molar-refractivity contribution in [3.05, 3.63) is 107 Å². The molecule has 5 heteroatoms. The molecule has 4 nitrogen and oxygen atoms in total. The van der Waals surface area contributed by atoms with Crippen LogP contribution in [0.1, 0.15) is 41.2 Å². The van der Waals surface area contributed by atoms with E-state index in [9.17, 15) is 9.59 Å². The second-order valence-electron chi connectivity index (χ2n) is 8.99. The highest BCUT2D eigenvalue weighted by molar-refractivity contribution is 7.99. The zero-order valence-electron chi connectivity index (χ0n) is 21.0. The number of amides is 2. The summed E-state index contributed by atoms with van der Waals surface area (Å²) >= 11 is 1.60. The zero-order chi connectivity index (χ0) is 25.0. The van der Waals surface area contributed by atoms with E-state index in [1.165, 1.54) is 11.1 Å². The Bertz CT molecular complexity index is 1100.